The number of nitrogens with zero attached hydrogens (tertiary/aromatic N) is 1. The van der Waals surface area contributed by atoms with Gasteiger partial charge < -0.3 is 16.0 Å². The predicted molar refractivity (Wildman–Crippen MR) is 118 cm³/mol. The highest BCUT2D eigenvalue weighted by atomic mass is 35.5. The molecule has 3 N–H and O–H groups in total. The number of halogens is 1. The quantitative estimate of drug-likeness (QED) is 0.493. The molecule has 0 bridgehead atoms. The molecule has 2 aromatic rings. The molecule has 0 spiro atoms. The number of primary amides is 1. The third kappa shape index (κ3) is 5.52. The second-order valence-corrected chi connectivity index (χ2v) is 9.43. The third-order valence-electron chi connectivity index (χ3n) is 4.63. The largest absolute Gasteiger partial charge is 0.365 e. The number of anilines is 1. The number of carbonyl (C=O) groups excluding carboxylic acids is 3. The number of thiophene rings is 1. The Morgan fingerprint density at radius 1 is 1.28 bits per heavy atom. The number of benzene rings is 1. The van der Waals surface area contributed by atoms with Crippen molar-refractivity contribution in [2.24, 2.45) is 5.73 Å². The van der Waals surface area contributed by atoms with E-state index in [1.165, 1.54) is 18.3 Å². The Labute approximate surface area is 182 Å². The summed E-state index contributed by atoms with van der Waals surface area (Å²) in [6.07, 6.45) is 1.62. The molecule has 0 fully saturated rings. The number of hydrogen-bond acceptors (Lipinski definition) is 5. The molecule has 1 aliphatic heterocycles. The van der Waals surface area contributed by atoms with Crippen molar-refractivity contribution in [2.45, 2.75) is 37.6 Å². The molecule has 1 aromatic heterocycles. The second-order valence-electron chi connectivity index (χ2n) is 6.72. The predicted octanol–water partition coefficient (Wildman–Crippen LogP) is 3.92. The van der Waals surface area contributed by atoms with Crippen LogP contribution in [0.2, 0.25) is 5.02 Å². The number of carbonyl (C=O) groups is 3. The van der Waals surface area contributed by atoms with Gasteiger partial charge in [-0.1, -0.05) is 11.6 Å². The summed E-state index contributed by atoms with van der Waals surface area (Å²) in [5, 5.41) is 4.04. The van der Waals surface area contributed by atoms with Crippen molar-refractivity contribution in [3.63, 3.8) is 0 Å². The molecule has 9 heteroatoms. The van der Waals surface area contributed by atoms with Crippen molar-refractivity contribution >= 4 is 57.4 Å². The van der Waals surface area contributed by atoms with E-state index < -0.39 is 5.91 Å². The maximum absolute atomic E-state index is 12.4. The molecule has 6 nitrogen and oxygen atoms in total. The Morgan fingerprint density at radius 3 is 2.66 bits per heavy atom. The van der Waals surface area contributed by atoms with E-state index in [0.29, 0.717) is 47.9 Å². The van der Waals surface area contributed by atoms with Crippen molar-refractivity contribution in [1.82, 2.24) is 4.90 Å². The number of hydrogen-bond donors (Lipinski definition) is 2. The fraction of sp³-hybridized carbons (Fsp3) is 0.350. The summed E-state index contributed by atoms with van der Waals surface area (Å²) in [5.41, 5.74) is 6.81. The number of fused-ring (bicyclic) bond motifs is 1. The van der Waals surface area contributed by atoms with Gasteiger partial charge in [-0.2, -0.15) is 0 Å². The summed E-state index contributed by atoms with van der Waals surface area (Å²) < 4.78 is 0. The summed E-state index contributed by atoms with van der Waals surface area (Å²) >= 11 is 8.87. The van der Waals surface area contributed by atoms with Crippen LogP contribution in [0.5, 0.6) is 0 Å². The van der Waals surface area contributed by atoms with Gasteiger partial charge in [-0.3, -0.25) is 14.4 Å². The molecule has 0 saturated heterocycles. The average Bonchev–Trinajstić information content (AvgIpc) is 3.03. The van der Waals surface area contributed by atoms with Crippen LogP contribution in [0.25, 0.3) is 0 Å². The lowest BCUT2D eigenvalue weighted by Crippen LogP contribution is -2.34. The Morgan fingerprint density at radius 2 is 2.00 bits per heavy atom. The zero-order chi connectivity index (χ0) is 21.0. The van der Waals surface area contributed by atoms with Gasteiger partial charge in [0.2, 0.25) is 11.8 Å². The SMILES string of the molecule is CC(=O)N1CCc2c(sc(NC(=O)CCCSc3ccc(Cl)cc3)c2C(N)=O)C1. The molecule has 154 valence electrons. The summed E-state index contributed by atoms with van der Waals surface area (Å²) in [5.74, 6) is 0.0960. The highest BCUT2D eigenvalue weighted by Gasteiger charge is 2.28. The molecule has 1 aliphatic rings. The van der Waals surface area contributed by atoms with Crippen LogP contribution >= 0.6 is 34.7 Å². The number of nitrogens with one attached hydrogen (secondary N) is 1. The lowest BCUT2D eigenvalue weighted by atomic mass is 10.0. The van der Waals surface area contributed by atoms with E-state index in [9.17, 15) is 14.4 Å². The molecule has 0 saturated carbocycles. The van der Waals surface area contributed by atoms with E-state index in [1.54, 1.807) is 16.7 Å². The maximum atomic E-state index is 12.4. The van der Waals surface area contributed by atoms with Crippen LogP contribution in [0.4, 0.5) is 5.00 Å². The lowest BCUT2D eigenvalue weighted by Gasteiger charge is -2.25. The van der Waals surface area contributed by atoms with Gasteiger partial charge in [0.15, 0.2) is 0 Å². The van der Waals surface area contributed by atoms with Crippen LogP contribution in [0.1, 0.15) is 40.6 Å². The first-order valence-corrected chi connectivity index (χ1v) is 11.4. The Bertz CT molecular complexity index is 928. The van der Waals surface area contributed by atoms with Crippen molar-refractivity contribution in [2.75, 3.05) is 17.6 Å². The number of amides is 3. The number of thioether (sulfide) groups is 1. The zero-order valence-electron chi connectivity index (χ0n) is 16.0. The first-order chi connectivity index (χ1) is 13.8. The molecule has 0 aliphatic carbocycles. The van der Waals surface area contributed by atoms with E-state index in [4.69, 9.17) is 17.3 Å². The molecule has 0 radical (unpaired) electrons. The Hall–Kier alpha value is -2.03. The first-order valence-electron chi connectivity index (χ1n) is 9.23. The molecule has 3 rings (SSSR count). The van der Waals surface area contributed by atoms with Crippen LogP contribution < -0.4 is 11.1 Å². The first kappa shape index (κ1) is 21.7. The molecule has 0 unspecified atom stereocenters. The fourth-order valence-corrected chi connectivity index (χ4v) is 5.43. The standard InChI is InChI=1S/C20H22ClN3O3S2/c1-12(25)24-9-8-15-16(11-24)29-20(18(15)19(22)27)23-17(26)3-2-10-28-14-6-4-13(21)5-7-14/h4-7H,2-3,8-11H2,1H3,(H2,22,27)(H,23,26). The van der Waals surface area contributed by atoms with Gasteiger partial charge in [-0.25, -0.2) is 0 Å². The molecule has 0 atom stereocenters. The summed E-state index contributed by atoms with van der Waals surface area (Å²) in [6.45, 7) is 2.52. The Balaban J connectivity index is 1.57. The van der Waals surface area contributed by atoms with Crippen LogP contribution in [-0.2, 0) is 22.6 Å². The van der Waals surface area contributed by atoms with Crippen LogP contribution in [0, 0.1) is 0 Å². The molecule has 1 aromatic carbocycles. The Kier molecular flexibility index (Phi) is 7.21. The minimum atomic E-state index is -0.549. The van der Waals surface area contributed by atoms with Gasteiger partial charge in [0.05, 0.1) is 12.1 Å². The average molecular weight is 452 g/mol. The van der Waals surface area contributed by atoms with Crippen LogP contribution in [0.15, 0.2) is 29.2 Å². The van der Waals surface area contributed by atoms with Gasteiger partial charge in [0.25, 0.3) is 5.91 Å². The monoisotopic (exact) mass is 451 g/mol. The van der Waals surface area contributed by atoms with E-state index in [-0.39, 0.29) is 11.8 Å². The smallest absolute Gasteiger partial charge is 0.251 e. The lowest BCUT2D eigenvalue weighted by molar-refractivity contribution is -0.129. The molecular weight excluding hydrogens is 430 g/mol. The number of rotatable bonds is 7. The van der Waals surface area contributed by atoms with Crippen molar-refractivity contribution in [1.29, 1.82) is 0 Å². The van der Waals surface area contributed by atoms with Crippen LogP contribution in [-0.4, -0.2) is 34.9 Å². The maximum Gasteiger partial charge on any atom is 0.251 e. The number of nitrogens with two attached hydrogens (primary N) is 1. The highest BCUT2D eigenvalue weighted by molar-refractivity contribution is 7.99. The molecule has 3 amide bonds. The summed E-state index contributed by atoms with van der Waals surface area (Å²) in [4.78, 5) is 39.7. The van der Waals surface area contributed by atoms with E-state index in [1.807, 2.05) is 24.3 Å². The van der Waals surface area contributed by atoms with Crippen molar-refractivity contribution in [3.8, 4) is 0 Å². The van der Waals surface area contributed by atoms with Crippen molar-refractivity contribution in [3.05, 3.63) is 45.3 Å². The fourth-order valence-electron chi connectivity index (χ4n) is 3.16. The van der Waals surface area contributed by atoms with Gasteiger partial charge in [-0.15, -0.1) is 23.1 Å². The zero-order valence-corrected chi connectivity index (χ0v) is 18.4. The van der Waals surface area contributed by atoms with Gasteiger partial charge >= 0.3 is 0 Å². The molecule has 2 heterocycles. The third-order valence-corrected chi connectivity index (χ3v) is 7.11. The van der Waals surface area contributed by atoms with Gasteiger partial charge in [0, 0.05) is 34.7 Å². The topological polar surface area (TPSA) is 92.5 Å². The van der Waals surface area contributed by atoms with E-state index in [0.717, 1.165) is 21.1 Å². The van der Waals surface area contributed by atoms with Crippen molar-refractivity contribution < 1.29 is 14.4 Å². The molecule has 29 heavy (non-hydrogen) atoms. The highest BCUT2D eigenvalue weighted by Crippen LogP contribution is 2.37. The summed E-state index contributed by atoms with van der Waals surface area (Å²) in [7, 11) is 0. The van der Waals surface area contributed by atoms with Gasteiger partial charge in [-0.05, 0) is 48.4 Å². The van der Waals surface area contributed by atoms with E-state index in [2.05, 4.69) is 5.32 Å². The van der Waals surface area contributed by atoms with E-state index >= 15 is 0 Å². The molecular formula is C20H22ClN3O3S2. The van der Waals surface area contributed by atoms with Gasteiger partial charge in [0.1, 0.15) is 5.00 Å². The normalized spacial score (nSPS) is 13.1. The summed E-state index contributed by atoms with van der Waals surface area (Å²) in [6, 6.07) is 7.58. The minimum Gasteiger partial charge on any atom is -0.365 e. The second kappa shape index (κ2) is 9.65. The minimum absolute atomic E-state index is 0.00607. The van der Waals surface area contributed by atoms with Crippen LogP contribution in [0.3, 0.4) is 0 Å².